The maximum Gasteiger partial charge on any atom is 0.359 e. The molecule has 6 nitrogen and oxygen atoms in total. The highest BCUT2D eigenvalue weighted by molar-refractivity contribution is 6.35. The lowest BCUT2D eigenvalue weighted by Crippen LogP contribution is -2.01. The van der Waals surface area contributed by atoms with Gasteiger partial charge in [0.15, 0.2) is 0 Å². The Labute approximate surface area is 93.6 Å². The van der Waals surface area contributed by atoms with Gasteiger partial charge in [0.25, 0.3) is 0 Å². The molecule has 0 aliphatic carbocycles. The Bertz CT molecular complexity index is 605. The first kappa shape index (κ1) is 10.4. The quantitative estimate of drug-likeness (QED) is 0.622. The Morgan fingerprint density at radius 1 is 1.50 bits per heavy atom. The van der Waals surface area contributed by atoms with Crippen LogP contribution >= 0.6 is 11.6 Å². The van der Waals surface area contributed by atoms with Gasteiger partial charge in [-0.05, 0) is 12.1 Å². The van der Waals surface area contributed by atoms with Crippen molar-refractivity contribution >= 4 is 34.2 Å². The summed E-state index contributed by atoms with van der Waals surface area (Å²) in [6.45, 7) is 0. The molecule has 0 saturated carbocycles. The van der Waals surface area contributed by atoms with Crippen molar-refractivity contribution in [3.8, 4) is 0 Å². The van der Waals surface area contributed by atoms with Crippen LogP contribution < -0.4 is 0 Å². The Morgan fingerprint density at radius 2 is 2.19 bits per heavy atom. The van der Waals surface area contributed by atoms with Gasteiger partial charge in [-0.1, -0.05) is 17.7 Å². The van der Waals surface area contributed by atoms with Gasteiger partial charge in [0.05, 0.1) is 20.8 Å². The molecule has 1 heterocycles. The number of rotatable bonds is 2. The van der Waals surface area contributed by atoms with Crippen LogP contribution in [0.15, 0.2) is 18.2 Å². The molecule has 0 fully saturated rings. The van der Waals surface area contributed by atoms with Crippen LogP contribution in [0.3, 0.4) is 0 Å². The highest BCUT2D eigenvalue weighted by Crippen LogP contribution is 2.33. The lowest BCUT2D eigenvalue weighted by atomic mass is 10.2. The summed E-state index contributed by atoms with van der Waals surface area (Å²) in [4.78, 5) is 23.3. The van der Waals surface area contributed by atoms with Gasteiger partial charge >= 0.3 is 11.7 Å². The molecule has 0 aliphatic heterocycles. The first-order chi connectivity index (χ1) is 7.52. The Balaban J connectivity index is 2.92. The average Bonchev–Trinajstić information content (AvgIpc) is 2.58. The molecule has 2 N–H and O–H groups in total. The topological polar surface area (TPSA) is 96.2 Å². The molecule has 0 unspecified atom stereocenters. The summed E-state index contributed by atoms with van der Waals surface area (Å²) in [5, 5.41) is 20.1. The van der Waals surface area contributed by atoms with E-state index in [2.05, 4.69) is 4.98 Å². The molecule has 16 heavy (non-hydrogen) atoms. The number of halogens is 1. The molecule has 0 atom stereocenters. The molecule has 0 bridgehead atoms. The molecular weight excluding hydrogens is 236 g/mol. The summed E-state index contributed by atoms with van der Waals surface area (Å²) in [6.07, 6.45) is 0. The van der Waals surface area contributed by atoms with Crippen LogP contribution in [0.5, 0.6) is 0 Å². The SMILES string of the molecule is O=C(O)c1[nH]c2c(Cl)cccc2c1[N+](=O)[O-]. The number of nitrogens with zero attached hydrogens (tertiary/aromatic N) is 1. The smallest absolute Gasteiger partial charge is 0.359 e. The van der Waals surface area contributed by atoms with Crippen LogP contribution in [0.2, 0.25) is 5.02 Å². The van der Waals surface area contributed by atoms with Crippen molar-refractivity contribution in [3.63, 3.8) is 0 Å². The summed E-state index contributed by atoms with van der Waals surface area (Å²) in [5.74, 6) is -1.39. The lowest BCUT2D eigenvalue weighted by Gasteiger charge is -1.91. The zero-order valence-corrected chi connectivity index (χ0v) is 8.49. The van der Waals surface area contributed by atoms with E-state index in [1.807, 2.05) is 0 Å². The van der Waals surface area contributed by atoms with Crippen molar-refractivity contribution < 1.29 is 14.8 Å². The lowest BCUT2D eigenvalue weighted by molar-refractivity contribution is -0.383. The van der Waals surface area contributed by atoms with Crippen LogP contribution in [-0.4, -0.2) is 21.0 Å². The monoisotopic (exact) mass is 240 g/mol. The van der Waals surface area contributed by atoms with E-state index in [4.69, 9.17) is 16.7 Å². The van der Waals surface area contributed by atoms with E-state index >= 15 is 0 Å². The highest BCUT2D eigenvalue weighted by atomic mass is 35.5. The van der Waals surface area contributed by atoms with Gasteiger partial charge in [0, 0.05) is 0 Å². The second-order valence-corrected chi connectivity index (χ2v) is 3.48. The molecule has 2 rings (SSSR count). The zero-order valence-electron chi connectivity index (χ0n) is 7.73. The summed E-state index contributed by atoms with van der Waals surface area (Å²) < 4.78 is 0. The fourth-order valence-electron chi connectivity index (χ4n) is 1.51. The largest absolute Gasteiger partial charge is 0.476 e. The third-order valence-electron chi connectivity index (χ3n) is 2.15. The minimum atomic E-state index is -1.39. The second-order valence-electron chi connectivity index (χ2n) is 3.07. The van der Waals surface area contributed by atoms with Crippen molar-refractivity contribution in [2.45, 2.75) is 0 Å². The molecule has 1 aromatic heterocycles. The molecule has 0 amide bonds. The zero-order chi connectivity index (χ0) is 11.9. The van der Waals surface area contributed by atoms with Gasteiger partial charge in [-0.2, -0.15) is 0 Å². The number of aromatic nitrogens is 1. The van der Waals surface area contributed by atoms with Gasteiger partial charge in [-0.25, -0.2) is 4.79 Å². The van der Waals surface area contributed by atoms with Gasteiger partial charge in [0.2, 0.25) is 5.69 Å². The number of aromatic carboxylic acids is 1. The van der Waals surface area contributed by atoms with Crippen LogP contribution in [0, 0.1) is 10.1 Å². The highest BCUT2D eigenvalue weighted by Gasteiger charge is 2.27. The number of fused-ring (bicyclic) bond motifs is 1. The predicted molar refractivity (Wildman–Crippen MR) is 56.9 cm³/mol. The summed E-state index contributed by atoms with van der Waals surface area (Å²) in [7, 11) is 0. The first-order valence-corrected chi connectivity index (χ1v) is 4.58. The van der Waals surface area contributed by atoms with Crippen LogP contribution in [0.4, 0.5) is 5.69 Å². The molecule has 0 radical (unpaired) electrons. The van der Waals surface area contributed by atoms with E-state index in [1.54, 1.807) is 0 Å². The fraction of sp³-hybridized carbons (Fsp3) is 0. The molecule has 7 heteroatoms. The van der Waals surface area contributed by atoms with E-state index in [9.17, 15) is 14.9 Å². The van der Waals surface area contributed by atoms with Crippen molar-refractivity contribution in [1.29, 1.82) is 0 Å². The van der Waals surface area contributed by atoms with Crippen molar-refractivity contribution in [3.05, 3.63) is 39.0 Å². The third kappa shape index (κ3) is 1.40. The minimum absolute atomic E-state index is 0.190. The normalized spacial score (nSPS) is 10.6. The fourth-order valence-corrected chi connectivity index (χ4v) is 1.73. The number of carbonyl (C=O) groups is 1. The maximum atomic E-state index is 10.8. The predicted octanol–water partition coefficient (Wildman–Crippen LogP) is 2.43. The number of H-pyrrole nitrogens is 1. The standard InChI is InChI=1S/C9H5ClN2O4/c10-5-3-1-2-4-6(5)11-7(9(13)14)8(4)12(15)16/h1-3,11H,(H,13,14). The van der Waals surface area contributed by atoms with Crippen molar-refractivity contribution in [2.24, 2.45) is 0 Å². The van der Waals surface area contributed by atoms with Crippen molar-refractivity contribution in [1.82, 2.24) is 4.98 Å². The van der Waals surface area contributed by atoms with Gasteiger partial charge in [-0.3, -0.25) is 10.1 Å². The molecular formula is C9H5ClN2O4. The van der Waals surface area contributed by atoms with Crippen molar-refractivity contribution in [2.75, 3.05) is 0 Å². The summed E-state index contributed by atoms with van der Waals surface area (Å²) in [6, 6.07) is 4.50. The number of hydrogen-bond acceptors (Lipinski definition) is 3. The maximum absolute atomic E-state index is 10.8. The van der Waals surface area contributed by atoms with E-state index in [0.29, 0.717) is 0 Å². The van der Waals surface area contributed by atoms with Gasteiger partial charge in [-0.15, -0.1) is 0 Å². The number of carboxylic acid groups (broad SMARTS) is 1. The van der Waals surface area contributed by atoms with Crippen LogP contribution in [0.1, 0.15) is 10.5 Å². The van der Waals surface area contributed by atoms with Crippen LogP contribution in [0.25, 0.3) is 10.9 Å². The average molecular weight is 241 g/mol. The molecule has 0 spiro atoms. The molecule has 0 saturated heterocycles. The summed E-state index contributed by atoms with van der Waals surface area (Å²) in [5.41, 5.74) is -0.675. The van der Waals surface area contributed by atoms with E-state index < -0.39 is 22.3 Å². The number of nitrogens with one attached hydrogen (secondary N) is 1. The Kier molecular flexibility index (Phi) is 2.28. The molecule has 1 aromatic carbocycles. The number of aromatic amines is 1. The number of carboxylic acids is 1. The molecule has 82 valence electrons. The van der Waals surface area contributed by atoms with Gasteiger partial charge in [0.1, 0.15) is 0 Å². The minimum Gasteiger partial charge on any atom is -0.476 e. The Morgan fingerprint density at radius 3 is 2.75 bits per heavy atom. The van der Waals surface area contributed by atoms with E-state index in [0.717, 1.165) is 0 Å². The van der Waals surface area contributed by atoms with Gasteiger partial charge < -0.3 is 10.1 Å². The van der Waals surface area contributed by atoms with E-state index in [1.165, 1.54) is 18.2 Å². The number of para-hydroxylation sites is 1. The van der Waals surface area contributed by atoms with E-state index in [-0.39, 0.29) is 15.9 Å². The van der Waals surface area contributed by atoms with Crippen LogP contribution in [-0.2, 0) is 0 Å². The molecule has 0 aliphatic rings. The molecule has 2 aromatic rings. The third-order valence-corrected chi connectivity index (χ3v) is 2.47. The Hall–Kier alpha value is -2.08. The number of nitro groups is 1. The number of benzene rings is 1. The second kappa shape index (κ2) is 3.49. The first-order valence-electron chi connectivity index (χ1n) is 4.20. The summed E-state index contributed by atoms with van der Waals surface area (Å²) >= 11 is 5.80. The number of hydrogen-bond donors (Lipinski definition) is 2.